The maximum atomic E-state index is 12.3. The van der Waals surface area contributed by atoms with Crippen molar-refractivity contribution in [1.29, 1.82) is 0 Å². The van der Waals surface area contributed by atoms with Gasteiger partial charge in [0.15, 0.2) is 6.54 Å². The summed E-state index contributed by atoms with van der Waals surface area (Å²) in [5.41, 5.74) is 2.81. The van der Waals surface area contributed by atoms with Crippen molar-refractivity contribution in [3.8, 4) is 0 Å². The van der Waals surface area contributed by atoms with E-state index in [0.717, 1.165) is 38.5 Å². The maximum Gasteiger partial charge on any atom is 0.275 e. The van der Waals surface area contributed by atoms with E-state index < -0.39 is 0 Å². The third kappa shape index (κ3) is 5.68. The molecule has 1 saturated heterocycles. The SMILES string of the molecule is CC(C)c1ccc(C[NH+]2CC[NH+](CC(=O)N[C@H](C)c3ccco3)CC2)cc1. The van der Waals surface area contributed by atoms with Crippen LogP contribution in [0.1, 0.15) is 49.6 Å². The van der Waals surface area contributed by atoms with E-state index in [1.54, 1.807) is 11.2 Å². The van der Waals surface area contributed by atoms with E-state index in [9.17, 15) is 4.79 Å². The van der Waals surface area contributed by atoms with Crippen LogP contribution in [-0.4, -0.2) is 38.6 Å². The van der Waals surface area contributed by atoms with Crippen molar-refractivity contribution < 1.29 is 19.0 Å². The molecule has 146 valence electrons. The molecule has 0 aliphatic carbocycles. The van der Waals surface area contributed by atoms with E-state index in [1.807, 2.05) is 19.1 Å². The van der Waals surface area contributed by atoms with Crippen LogP contribution in [0.3, 0.4) is 0 Å². The molecule has 1 aromatic heterocycles. The lowest BCUT2D eigenvalue weighted by atomic mass is 10.0. The topological polar surface area (TPSA) is 51.1 Å². The molecule has 5 nitrogen and oxygen atoms in total. The summed E-state index contributed by atoms with van der Waals surface area (Å²) in [4.78, 5) is 15.3. The van der Waals surface area contributed by atoms with Crippen LogP contribution in [0.4, 0.5) is 0 Å². The van der Waals surface area contributed by atoms with Gasteiger partial charge in [-0.3, -0.25) is 4.79 Å². The van der Waals surface area contributed by atoms with Crippen LogP contribution >= 0.6 is 0 Å². The van der Waals surface area contributed by atoms with Crippen molar-refractivity contribution in [2.45, 2.75) is 39.3 Å². The highest BCUT2D eigenvalue weighted by Gasteiger charge is 2.25. The van der Waals surface area contributed by atoms with Crippen LogP contribution in [0.25, 0.3) is 0 Å². The smallest absolute Gasteiger partial charge is 0.275 e. The molecule has 3 N–H and O–H groups in total. The van der Waals surface area contributed by atoms with E-state index >= 15 is 0 Å². The Bertz CT molecular complexity index is 702. The van der Waals surface area contributed by atoms with Crippen molar-refractivity contribution >= 4 is 5.91 Å². The molecule has 2 aromatic rings. The second-order valence-corrected chi connectivity index (χ2v) is 8.05. The molecule has 1 atom stereocenters. The Morgan fingerprint density at radius 3 is 2.30 bits per heavy atom. The molecule has 0 saturated carbocycles. The lowest BCUT2D eigenvalue weighted by molar-refractivity contribution is -1.02. The van der Waals surface area contributed by atoms with Gasteiger partial charge in [0.05, 0.1) is 12.3 Å². The fraction of sp³-hybridized carbons (Fsp3) is 0.500. The molecular weight excluding hydrogens is 338 g/mol. The number of rotatable bonds is 7. The second-order valence-electron chi connectivity index (χ2n) is 8.05. The predicted molar refractivity (Wildman–Crippen MR) is 106 cm³/mol. The number of carbonyl (C=O) groups excluding carboxylic acids is 1. The predicted octanol–water partition coefficient (Wildman–Crippen LogP) is 0.564. The Hall–Kier alpha value is -2.11. The highest BCUT2D eigenvalue weighted by atomic mass is 16.3. The average Bonchev–Trinajstić information content (AvgIpc) is 3.18. The maximum absolute atomic E-state index is 12.3. The molecule has 1 fully saturated rings. The van der Waals surface area contributed by atoms with Gasteiger partial charge in [0.25, 0.3) is 5.91 Å². The van der Waals surface area contributed by atoms with E-state index in [-0.39, 0.29) is 11.9 Å². The molecule has 3 rings (SSSR count). The van der Waals surface area contributed by atoms with E-state index in [1.165, 1.54) is 16.0 Å². The number of benzene rings is 1. The van der Waals surface area contributed by atoms with Gasteiger partial charge in [0.2, 0.25) is 0 Å². The molecule has 1 amide bonds. The molecule has 1 aliphatic rings. The number of nitrogens with one attached hydrogen (secondary N) is 3. The van der Waals surface area contributed by atoms with Crippen LogP contribution in [0.2, 0.25) is 0 Å². The van der Waals surface area contributed by atoms with Crippen LogP contribution in [0, 0.1) is 0 Å². The zero-order valence-corrected chi connectivity index (χ0v) is 16.8. The number of quaternary nitrogens is 2. The number of hydrogen-bond acceptors (Lipinski definition) is 2. The molecule has 0 unspecified atom stereocenters. The summed E-state index contributed by atoms with van der Waals surface area (Å²) in [5.74, 6) is 1.48. The molecule has 27 heavy (non-hydrogen) atoms. The number of piperazine rings is 1. The quantitative estimate of drug-likeness (QED) is 0.666. The number of hydrogen-bond donors (Lipinski definition) is 3. The molecule has 1 aliphatic heterocycles. The third-order valence-corrected chi connectivity index (χ3v) is 5.52. The van der Waals surface area contributed by atoms with Gasteiger partial charge in [0.1, 0.15) is 38.5 Å². The van der Waals surface area contributed by atoms with Crippen LogP contribution in [-0.2, 0) is 11.3 Å². The molecule has 5 heteroatoms. The van der Waals surface area contributed by atoms with Crippen molar-refractivity contribution in [3.63, 3.8) is 0 Å². The number of carbonyl (C=O) groups is 1. The molecule has 0 bridgehead atoms. The first-order valence-electron chi connectivity index (χ1n) is 10.1. The van der Waals surface area contributed by atoms with Gasteiger partial charge in [-0.15, -0.1) is 0 Å². The van der Waals surface area contributed by atoms with Crippen molar-refractivity contribution in [3.05, 3.63) is 59.5 Å². The first kappa shape index (κ1) is 19.6. The average molecular weight is 372 g/mol. The standard InChI is InChI=1S/C22H31N3O2/c1-17(2)20-8-6-19(7-9-20)15-24-10-12-25(13-11-24)16-22(26)23-18(3)21-5-4-14-27-21/h4-9,14,17-18H,10-13,15-16H2,1-3H3,(H,23,26)/p+2/t18-/m1/s1. The van der Waals surface area contributed by atoms with Gasteiger partial charge < -0.3 is 19.5 Å². The normalized spacial score (nSPS) is 21.2. The van der Waals surface area contributed by atoms with E-state index in [4.69, 9.17) is 4.42 Å². The van der Waals surface area contributed by atoms with Crippen molar-refractivity contribution in [1.82, 2.24) is 5.32 Å². The van der Waals surface area contributed by atoms with Gasteiger partial charge in [-0.2, -0.15) is 0 Å². The lowest BCUT2D eigenvalue weighted by Gasteiger charge is -2.29. The highest BCUT2D eigenvalue weighted by molar-refractivity contribution is 5.77. The second kappa shape index (κ2) is 9.20. The number of amides is 1. The Kier molecular flexibility index (Phi) is 6.69. The zero-order valence-electron chi connectivity index (χ0n) is 16.8. The minimum absolute atomic E-state index is 0.0763. The summed E-state index contributed by atoms with van der Waals surface area (Å²) in [6.45, 7) is 12.4. The van der Waals surface area contributed by atoms with Gasteiger partial charge in [0, 0.05) is 5.56 Å². The summed E-state index contributed by atoms with van der Waals surface area (Å²) >= 11 is 0. The lowest BCUT2D eigenvalue weighted by Crippen LogP contribution is -3.28. The summed E-state index contributed by atoms with van der Waals surface area (Å²) in [6.07, 6.45) is 1.64. The summed E-state index contributed by atoms with van der Waals surface area (Å²) < 4.78 is 5.35. The first-order valence-corrected chi connectivity index (χ1v) is 10.1. The van der Waals surface area contributed by atoms with Gasteiger partial charge in [-0.05, 0) is 30.5 Å². The van der Waals surface area contributed by atoms with Crippen LogP contribution in [0.15, 0.2) is 47.1 Å². The summed E-state index contributed by atoms with van der Waals surface area (Å²) in [6, 6.07) is 12.7. The molecule has 2 heterocycles. The van der Waals surface area contributed by atoms with Crippen molar-refractivity contribution in [2.24, 2.45) is 0 Å². The Morgan fingerprint density at radius 1 is 1.04 bits per heavy atom. The summed E-state index contributed by atoms with van der Waals surface area (Å²) in [5, 5.41) is 3.03. The van der Waals surface area contributed by atoms with Gasteiger partial charge in [-0.25, -0.2) is 0 Å². The fourth-order valence-electron chi connectivity index (χ4n) is 3.75. The minimum Gasteiger partial charge on any atom is -0.467 e. The Morgan fingerprint density at radius 2 is 1.70 bits per heavy atom. The monoisotopic (exact) mass is 371 g/mol. The molecular formula is C22H33N3O2+2. The van der Waals surface area contributed by atoms with E-state index in [0.29, 0.717) is 12.5 Å². The van der Waals surface area contributed by atoms with Crippen LogP contribution < -0.4 is 15.1 Å². The van der Waals surface area contributed by atoms with E-state index in [2.05, 4.69) is 43.4 Å². The van der Waals surface area contributed by atoms with Gasteiger partial charge >= 0.3 is 0 Å². The first-order chi connectivity index (χ1) is 13.0. The third-order valence-electron chi connectivity index (χ3n) is 5.52. The zero-order chi connectivity index (χ0) is 19.2. The van der Waals surface area contributed by atoms with Crippen molar-refractivity contribution in [2.75, 3.05) is 32.7 Å². The Labute approximate surface area is 162 Å². The number of furan rings is 1. The van der Waals surface area contributed by atoms with Crippen LogP contribution in [0.5, 0.6) is 0 Å². The largest absolute Gasteiger partial charge is 0.467 e. The highest BCUT2D eigenvalue weighted by Crippen LogP contribution is 2.14. The molecule has 1 aromatic carbocycles. The Balaban J connectivity index is 1.40. The molecule has 0 radical (unpaired) electrons. The minimum atomic E-state index is -0.0763. The van der Waals surface area contributed by atoms with Gasteiger partial charge in [-0.1, -0.05) is 38.1 Å². The summed E-state index contributed by atoms with van der Waals surface area (Å²) in [7, 11) is 0. The fourth-order valence-corrected chi connectivity index (χ4v) is 3.75. The molecule has 0 spiro atoms.